The van der Waals surface area contributed by atoms with Crippen LogP contribution in [0, 0.1) is 6.92 Å². The van der Waals surface area contributed by atoms with Crippen LogP contribution in [-0.2, 0) is 4.79 Å². The molecule has 0 spiro atoms. The Hall–Kier alpha value is -2.38. The van der Waals surface area contributed by atoms with Crippen molar-refractivity contribution in [3.05, 3.63) is 50.7 Å². The molecule has 2 aromatic rings. The van der Waals surface area contributed by atoms with Gasteiger partial charge in [0.05, 0.1) is 9.21 Å². The van der Waals surface area contributed by atoms with E-state index in [1.165, 1.54) is 0 Å². The molecule has 1 aliphatic rings. The van der Waals surface area contributed by atoms with E-state index in [2.05, 4.69) is 17.6 Å². The van der Waals surface area contributed by atoms with Crippen molar-refractivity contribution < 1.29 is 14.4 Å². The van der Waals surface area contributed by atoms with Gasteiger partial charge >= 0.3 is 0 Å². The molecule has 1 unspecified atom stereocenters. The third-order valence-electron chi connectivity index (χ3n) is 5.57. The van der Waals surface area contributed by atoms with Crippen molar-refractivity contribution in [2.75, 3.05) is 11.9 Å². The minimum atomic E-state index is -1.14. The minimum absolute atomic E-state index is 0.0322. The third kappa shape index (κ3) is 5.46. The number of amides is 3. The number of halogens is 1. The highest BCUT2D eigenvalue weighted by atomic mass is 35.5. The number of nitrogens with zero attached hydrogens (tertiary/aromatic N) is 1. The van der Waals surface area contributed by atoms with E-state index in [-0.39, 0.29) is 23.8 Å². The lowest BCUT2D eigenvalue weighted by molar-refractivity contribution is -0.120. The van der Waals surface area contributed by atoms with Crippen LogP contribution in [0.3, 0.4) is 0 Å². The summed E-state index contributed by atoms with van der Waals surface area (Å²) in [6.07, 6.45) is 3.21. The first-order valence-corrected chi connectivity index (χ1v) is 11.6. The van der Waals surface area contributed by atoms with Gasteiger partial charge in [-0.1, -0.05) is 11.6 Å². The van der Waals surface area contributed by atoms with Crippen molar-refractivity contribution in [3.63, 3.8) is 0 Å². The number of hydrogen-bond acceptors (Lipinski definition) is 4. The number of carbonyl (C=O) groups is 3. The van der Waals surface area contributed by atoms with Crippen molar-refractivity contribution in [2.24, 2.45) is 0 Å². The van der Waals surface area contributed by atoms with E-state index in [9.17, 15) is 14.4 Å². The Morgan fingerprint density at radius 2 is 1.90 bits per heavy atom. The molecule has 1 aliphatic heterocycles. The summed E-state index contributed by atoms with van der Waals surface area (Å²) in [7, 11) is 0. The number of carbonyl (C=O) groups excluding carboxylic acids is 3. The molecular formula is C23H28ClN3O3S. The normalized spacial score (nSPS) is 16.7. The van der Waals surface area contributed by atoms with Crippen LogP contribution in [-0.4, -0.2) is 40.7 Å². The molecule has 8 heteroatoms. The Kier molecular flexibility index (Phi) is 7.06. The lowest BCUT2D eigenvalue weighted by Crippen LogP contribution is -2.52. The molecule has 1 saturated heterocycles. The fourth-order valence-corrected chi connectivity index (χ4v) is 4.60. The number of aryl methyl sites for hydroxylation is 1. The molecule has 1 aromatic carbocycles. The Morgan fingerprint density at radius 1 is 1.16 bits per heavy atom. The average Bonchev–Trinajstić information content (AvgIpc) is 3.14. The Labute approximate surface area is 192 Å². The largest absolute Gasteiger partial charge is 0.337 e. The first kappa shape index (κ1) is 23.3. The summed E-state index contributed by atoms with van der Waals surface area (Å²) < 4.78 is 0.511. The number of hydrogen-bond donors (Lipinski definition) is 2. The number of anilines is 1. The monoisotopic (exact) mass is 461 g/mol. The first-order valence-electron chi connectivity index (χ1n) is 10.4. The van der Waals surface area contributed by atoms with Crippen LogP contribution in [0.15, 0.2) is 30.3 Å². The number of likely N-dealkylation sites (tertiary alicyclic amines) is 1. The van der Waals surface area contributed by atoms with Crippen LogP contribution in [0.25, 0.3) is 0 Å². The molecule has 0 radical (unpaired) electrons. The molecule has 3 rings (SSSR count). The molecule has 1 atom stereocenters. The van der Waals surface area contributed by atoms with Crippen molar-refractivity contribution in [1.82, 2.24) is 10.2 Å². The summed E-state index contributed by atoms with van der Waals surface area (Å²) in [5.41, 5.74) is 0.885. The fraction of sp³-hybridized carbons (Fsp3) is 0.435. The van der Waals surface area contributed by atoms with Gasteiger partial charge in [0, 0.05) is 23.8 Å². The number of thiophene rings is 1. The van der Waals surface area contributed by atoms with Gasteiger partial charge in [-0.2, -0.15) is 0 Å². The maximum atomic E-state index is 13.0. The summed E-state index contributed by atoms with van der Waals surface area (Å²) in [5, 5.41) is 5.58. The van der Waals surface area contributed by atoms with Gasteiger partial charge in [0.2, 0.25) is 5.91 Å². The summed E-state index contributed by atoms with van der Waals surface area (Å²) in [4.78, 5) is 40.5. The molecule has 2 N–H and O–H groups in total. The van der Waals surface area contributed by atoms with E-state index in [0.29, 0.717) is 20.5 Å². The van der Waals surface area contributed by atoms with Crippen LogP contribution >= 0.6 is 22.9 Å². The zero-order chi connectivity index (χ0) is 22.8. The summed E-state index contributed by atoms with van der Waals surface area (Å²) in [6, 6.07) is 8.78. The fourth-order valence-electron chi connectivity index (χ4n) is 3.66. The lowest BCUT2D eigenvalue weighted by atomic mass is 10.00. The van der Waals surface area contributed by atoms with Crippen LogP contribution in [0.4, 0.5) is 5.69 Å². The van der Waals surface area contributed by atoms with Crippen LogP contribution in [0.5, 0.6) is 0 Å². The van der Waals surface area contributed by atoms with Gasteiger partial charge in [-0.05, 0) is 82.9 Å². The van der Waals surface area contributed by atoms with Crippen LogP contribution in [0.2, 0.25) is 4.34 Å². The third-order valence-corrected chi connectivity index (χ3v) is 6.80. The van der Waals surface area contributed by atoms with E-state index < -0.39 is 5.54 Å². The molecule has 0 bridgehead atoms. The molecule has 0 saturated carbocycles. The van der Waals surface area contributed by atoms with Crippen molar-refractivity contribution in [3.8, 4) is 0 Å². The second-order valence-corrected chi connectivity index (χ2v) is 10.2. The molecular weight excluding hydrogens is 434 g/mol. The Bertz CT molecular complexity index is 1000. The number of rotatable bonds is 5. The number of benzene rings is 1. The van der Waals surface area contributed by atoms with Crippen molar-refractivity contribution in [1.29, 1.82) is 0 Å². The van der Waals surface area contributed by atoms with Crippen molar-refractivity contribution >= 4 is 46.3 Å². The van der Waals surface area contributed by atoms with Crippen LogP contribution in [0.1, 0.15) is 65.6 Å². The summed E-state index contributed by atoms with van der Waals surface area (Å²) >= 11 is 7.04. The van der Waals surface area contributed by atoms with Crippen molar-refractivity contribution in [2.45, 2.75) is 58.5 Å². The SMILES string of the molecule is Cc1cc(NC(=O)C(C)(C)NC(=O)c2ccc(Cl)s2)ccc1C(=O)N1CCCCC1C. The maximum absolute atomic E-state index is 13.0. The lowest BCUT2D eigenvalue weighted by Gasteiger charge is -2.34. The minimum Gasteiger partial charge on any atom is -0.337 e. The van der Waals surface area contributed by atoms with Gasteiger partial charge in [0.15, 0.2) is 0 Å². The molecule has 1 fully saturated rings. The second-order valence-electron chi connectivity index (χ2n) is 8.51. The van der Waals surface area contributed by atoms with E-state index in [1.54, 1.807) is 44.2 Å². The standard InChI is InChI=1S/C23H28ClN3O3S/c1-14-13-16(8-9-17(14)21(29)27-12-6-5-7-15(27)2)25-22(30)23(3,4)26-20(28)18-10-11-19(24)31-18/h8-11,13,15H,5-7,12H2,1-4H3,(H,25,30)(H,26,28). The van der Waals surface area contributed by atoms with Gasteiger partial charge in [-0.3, -0.25) is 14.4 Å². The zero-order valence-electron chi connectivity index (χ0n) is 18.3. The highest BCUT2D eigenvalue weighted by Gasteiger charge is 2.31. The highest BCUT2D eigenvalue weighted by molar-refractivity contribution is 7.18. The Balaban J connectivity index is 1.67. The average molecular weight is 462 g/mol. The number of piperidine rings is 1. The molecule has 3 amide bonds. The Morgan fingerprint density at radius 3 is 2.52 bits per heavy atom. The van der Waals surface area contributed by atoms with E-state index in [0.717, 1.165) is 42.7 Å². The molecule has 31 heavy (non-hydrogen) atoms. The maximum Gasteiger partial charge on any atom is 0.262 e. The van der Waals surface area contributed by atoms with E-state index >= 15 is 0 Å². The predicted octanol–water partition coefficient (Wildman–Crippen LogP) is 4.87. The first-order chi connectivity index (χ1) is 14.6. The molecule has 1 aromatic heterocycles. The van der Waals surface area contributed by atoms with E-state index in [4.69, 9.17) is 11.6 Å². The topological polar surface area (TPSA) is 78.5 Å². The summed E-state index contributed by atoms with van der Waals surface area (Å²) in [6.45, 7) is 8.00. The quantitative estimate of drug-likeness (QED) is 0.666. The molecule has 166 valence electrons. The van der Waals surface area contributed by atoms with Gasteiger partial charge in [0.1, 0.15) is 5.54 Å². The molecule has 0 aliphatic carbocycles. The number of nitrogens with one attached hydrogen (secondary N) is 2. The van der Waals surface area contributed by atoms with Crippen LogP contribution < -0.4 is 10.6 Å². The predicted molar refractivity (Wildman–Crippen MR) is 125 cm³/mol. The van der Waals surface area contributed by atoms with Gasteiger partial charge in [0.25, 0.3) is 11.8 Å². The zero-order valence-corrected chi connectivity index (χ0v) is 19.8. The molecule has 2 heterocycles. The summed E-state index contributed by atoms with van der Waals surface area (Å²) in [5.74, 6) is -0.679. The molecule has 6 nitrogen and oxygen atoms in total. The smallest absolute Gasteiger partial charge is 0.262 e. The van der Waals surface area contributed by atoms with Gasteiger partial charge in [-0.25, -0.2) is 0 Å². The van der Waals surface area contributed by atoms with Gasteiger partial charge < -0.3 is 15.5 Å². The highest BCUT2D eigenvalue weighted by Crippen LogP contribution is 2.24. The second kappa shape index (κ2) is 9.40. The van der Waals surface area contributed by atoms with E-state index in [1.807, 2.05) is 11.8 Å². The van der Waals surface area contributed by atoms with Gasteiger partial charge in [-0.15, -0.1) is 11.3 Å².